The van der Waals surface area contributed by atoms with Crippen molar-refractivity contribution in [2.24, 2.45) is 13.0 Å². The molecule has 0 saturated heterocycles. The van der Waals surface area contributed by atoms with E-state index in [1.165, 1.54) is 0 Å². The third-order valence-electron chi connectivity index (χ3n) is 3.03. The second-order valence-electron chi connectivity index (χ2n) is 5.95. The number of rotatable bonds is 7. The summed E-state index contributed by atoms with van der Waals surface area (Å²) in [6, 6.07) is -0.114. The van der Waals surface area contributed by atoms with Crippen molar-refractivity contribution in [2.75, 3.05) is 20.6 Å². The molecule has 0 amide bonds. The molecule has 0 aliphatic carbocycles. The molecule has 0 aliphatic rings. The van der Waals surface area contributed by atoms with Gasteiger partial charge in [0.25, 0.3) is 10.0 Å². The van der Waals surface area contributed by atoms with Gasteiger partial charge in [-0.2, -0.15) is 0 Å². The standard InChI is InChI=1S/C13H26N4O2S/c1-10(2)7-12(8-16(4)5)15-20(18,19)13-9-17(6)11(3)14-13/h9-10,12,15H,7-8H2,1-6H3/t12-/m1/s1. The lowest BCUT2D eigenvalue weighted by Gasteiger charge is -2.23. The highest BCUT2D eigenvalue weighted by atomic mass is 32.2. The average molecular weight is 302 g/mol. The van der Waals surface area contributed by atoms with Crippen LogP contribution >= 0.6 is 0 Å². The van der Waals surface area contributed by atoms with Gasteiger partial charge in [0.2, 0.25) is 0 Å². The molecule has 0 aliphatic heterocycles. The van der Waals surface area contributed by atoms with Crippen molar-refractivity contribution in [1.29, 1.82) is 0 Å². The number of sulfonamides is 1. The quantitative estimate of drug-likeness (QED) is 0.815. The van der Waals surface area contributed by atoms with Crippen LogP contribution in [-0.2, 0) is 17.1 Å². The molecule has 1 atom stereocenters. The van der Waals surface area contributed by atoms with E-state index in [0.717, 1.165) is 6.42 Å². The maximum atomic E-state index is 12.4. The molecule has 1 aromatic heterocycles. The lowest BCUT2D eigenvalue weighted by atomic mass is 10.0. The van der Waals surface area contributed by atoms with Crippen molar-refractivity contribution in [2.45, 2.75) is 38.3 Å². The van der Waals surface area contributed by atoms with Gasteiger partial charge in [0, 0.05) is 25.8 Å². The first-order chi connectivity index (χ1) is 9.11. The summed E-state index contributed by atoms with van der Waals surface area (Å²) in [5.74, 6) is 1.10. The normalized spacial score (nSPS) is 14.2. The van der Waals surface area contributed by atoms with Gasteiger partial charge in [-0.3, -0.25) is 0 Å². The minimum atomic E-state index is -3.56. The molecule has 20 heavy (non-hydrogen) atoms. The van der Waals surface area contributed by atoms with Gasteiger partial charge in [-0.1, -0.05) is 13.8 Å². The molecule has 116 valence electrons. The van der Waals surface area contributed by atoms with Gasteiger partial charge in [-0.25, -0.2) is 18.1 Å². The summed E-state index contributed by atoms with van der Waals surface area (Å²) in [6.45, 7) is 6.62. The van der Waals surface area contributed by atoms with Crippen LogP contribution < -0.4 is 4.72 Å². The molecule has 1 heterocycles. The highest BCUT2D eigenvalue weighted by Gasteiger charge is 2.24. The average Bonchev–Trinajstić information content (AvgIpc) is 2.57. The van der Waals surface area contributed by atoms with Gasteiger partial charge in [0.1, 0.15) is 5.82 Å². The zero-order valence-corrected chi connectivity index (χ0v) is 14.0. The third kappa shape index (κ3) is 4.88. The molecule has 0 bridgehead atoms. The lowest BCUT2D eigenvalue weighted by molar-refractivity contribution is 0.329. The summed E-state index contributed by atoms with van der Waals surface area (Å²) in [4.78, 5) is 6.08. The molecule has 7 heteroatoms. The Hall–Kier alpha value is -0.920. The van der Waals surface area contributed by atoms with Gasteiger partial charge >= 0.3 is 0 Å². The SMILES string of the molecule is Cc1nc(S(=O)(=O)N[C@H](CC(C)C)CN(C)C)cn1C. The van der Waals surface area contributed by atoms with Crippen molar-refractivity contribution in [3.05, 3.63) is 12.0 Å². The third-order valence-corrected chi connectivity index (χ3v) is 4.42. The molecule has 1 aromatic rings. The van der Waals surface area contributed by atoms with Crippen LogP contribution in [0.1, 0.15) is 26.1 Å². The van der Waals surface area contributed by atoms with Crippen molar-refractivity contribution in [3.63, 3.8) is 0 Å². The molecular weight excluding hydrogens is 276 g/mol. The molecule has 0 unspecified atom stereocenters. The molecule has 1 N–H and O–H groups in total. The molecule has 0 aromatic carbocycles. The number of nitrogens with one attached hydrogen (secondary N) is 1. The summed E-state index contributed by atoms with van der Waals surface area (Å²) in [7, 11) is 2.10. The van der Waals surface area contributed by atoms with Crippen molar-refractivity contribution in [3.8, 4) is 0 Å². The molecule has 0 fully saturated rings. The second-order valence-corrected chi connectivity index (χ2v) is 7.61. The number of aromatic nitrogens is 2. The molecule has 6 nitrogen and oxygen atoms in total. The van der Waals surface area contributed by atoms with E-state index in [9.17, 15) is 8.42 Å². The summed E-state index contributed by atoms with van der Waals surface area (Å²) < 4.78 is 29.2. The smallest absolute Gasteiger partial charge is 0.259 e. The Labute approximate surface area is 122 Å². The molecule has 0 radical (unpaired) electrons. The van der Waals surface area contributed by atoms with Crippen LogP contribution in [0.15, 0.2) is 11.2 Å². The van der Waals surface area contributed by atoms with Gasteiger partial charge in [-0.15, -0.1) is 0 Å². The summed E-state index contributed by atoms with van der Waals surface area (Å²) in [5.41, 5.74) is 0. The van der Waals surface area contributed by atoms with Crippen LogP contribution in [0.25, 0.3) is 0 Å². The second kappa shape index (κ2) is 6.69. The molecule has 0 saturated carbocycles. The van der Waals surface area contributed by atoms with E-state index >= 15 is 0 Å². The van der Waals surface area contributed by atoms with Crippen molar-refractivity contribution >= 4 is 10.0 Å². The van der Waals surface area contributed by atoms with Gasteiger partial charge in [0.15, 0.2) is 5.03 Å². The van der Waals surface area contributed by atoms with E-state index in [1.807, 2.05) is 19.0 Å². The Morgan fingerprint density at radius 2 is 2.00 bits per heavy atom. The Morgan fingerprint density at radius 1 is 1.40 bits per heavy atom. The number of hydrogen-bond acceptors (Lipinski definition) is 4. The number of nitrogens with zero attached hydrogens (tertiary/aromatic N) is 3. The predicted molar refractivity (Wildman–Crippen MR) is 80.1 cm³/mol. The van der Waals surface area contributed by atoms with E-state index < -0.39 is 10.0 Å². The Kier molecular flexibility index (Phi) is 5.73. The monoisotopic (exact) mass is 302 g/mol. The van der Waals surface area contributed by atoms with Crippen molar-refractivity contribution in [1.82, 2.24) is 19.2 Å². The molecule has 1 rings (SSSR count). The van der Waals surface area contributed by atoms with Gasteiger partial charge in [-0.05, 0) is 33.4 Å². The maximum absolute atomic E-state index is 12.4. The molecular formula is C13H26N4O2S. The number of aryl methyl sites for hydroxylation is 2. The number of imidazole rings is 1. The largest absolute Gasteiger partial charge is 0.337 e. The topological polar surface area (TPSA) is 67.2 Å². The fourth-order valence-corrected chi connectivity index (χ4v) is 3.38. The zero-order valence-electron chi connectivity index (χ0n) is 13.2. The maximum Gasteiger partial charge on any atom is 0.259 e. The Morgan fingerprint density at radius 3 is 2.40 bits per heavy atom. The Balaban J connectivity index is 2.90. The first kappa shape index (κ1) is 17.1. The van der Waals surface area contributed by atoms with Gasteiger partial charge in [0.05, 0.1) is 0 Å². The predicted octanol–water partition coefficient (Wildman–Crippen LogP) is 0.983. The minimum Gasteiger partial charge on any atom is -0.337 e. The highest BCUT2D eigenvalue weighted by molar-refractivity contribution is 7.89. The van der Waals surface area contributed by atoms with Crippen LogP contribution in [0.3, 0.4) is 0 Å². The summed E-state index contributed by atoms with van der Waals surface area (Å²) in [5, 5.41) is 0.0880. The Bertz CT molecular complexity index is 505. The number of hydrogen-bond donors (Lipinski definition) is 1. The summed E-state index contributed by atoms with van der Waals surface area (Å²) in [6.07, 6.45) is 2.34. The van der Waals surface area contributed by atoms with Crippen LogP contribution in [0.4, 0.5) is 0 Å². The van der Waals surface area contributed by atoms with E-state index in [-0.39, 0.29) is 11.1 Å². The van der Waals surface area contributed by atoms with Crippen molar-refractivity contribution < 1.29 is 8.42 Å². The van der Waals surface area contributed by atoms with E-state index in [4.69, 9.17) is 0 Å². The fraction of sp³-hybridized carbons (Fsp3) is 0.769. The van der Waals surface area contributed by atoms with Crippen LogP contribution in [0.2, 0.25) is 0 Å². The van der Waals surface area contributed by atoms with Crippen LogP contribution in [0, 0.1) is 12.8 Å². The molecule has 0 spiro atoms. The first-order valence-corrected chi connectivity index (χ1v) is 8.27. The summed E-state index contributed by atoms with van der Waals surface area (Å²) >= 11 is 0. The van der Waals surface area contributed by atoms with E-state index in [2.05, 4.69) is 23.6 Å². The number of likely N-dealkylation sites (N-methyl/N-ethyl adjacent to an activating group) is 1. The lowest BCUT2D eigenvalue weighted by Crippen LogP contribution is -2.42. The van der Waals surface area contributed by atoms with Crippen LogP contribution in [-0.4, -0.2) is 49.6 Å². The first-order valence-electron chi connectivity index (χ1n) is 6.79. The minimum absolute atomic E-state index is 0.0880. The zero-order chi connectivity index (χ0) is 15.5. The van der Waals surface area contributed by atoms with E-state index in [0.29, 0.717) is 18.3 Å². The highest BCUT2D eigenvalue weighted by Crippen LogP contribution is 2.12. The van der Waals surface area contributed by atoms with Crippen LogP contribution in [0.5, 0.6) is 0 Å². The fourth-order valence-electron chi connectivity index (χ4n) is 2.11. The van der Waals surface area contributed by atoms with E-state index in [1.54, 1.807) is 24.7 Å². The van der Waals surface area contributed by atoms with Gasteiger partial charge < -0.3 is 9.47 Å².